The number of carbonyl (C=O) groups is 1. The van der Waals surface area contributed by atoms with Crippen LogP contribution in [0.4, 0.5) is 16.2 Å². The van der Waals surface area contributed by atoms with E-state index in [9.17, 15) is 4.79 Å². The molecule has 4 nitrogen and oxygen atoms in total. The molecule has 22 heavy (non-hydrogen) atoms. The van der Waals surface area contributed by atoms with Gasteiger partial charge in [0.15, 0.2) is 0 Å². The van der Waals surface area contributed by atoms with Crippen LogP contribution < -0.4 is 10.6 Å². The quantitative estimate of drug-likeness (QED) is 0.873. The summed E-state index contributed by atoms with van der Waals surface area (Å²) in [6.07, 6.45) is 2.15. The third-order valence-electron chi connectivity index (χ3n) is 3.39. The van der Waals surface area contributed by atoms with Crippen molar-refractivity contribution in [3.05, 3.63) is 59.2 Å². The Labute approximate surface area is 130 Å². The van der Waals surface area contributed by atoms with Gasteiger partial charge in [0, 0.05) is 11.4 Å². The molecule has 0 atom stereocenters. The normalized spacial score (nSPS) is 9.86. The van der Waals surface area contributed by atoms with Crippen molar-refractivity contribution < 1.29 is 4.79 Å². The molecule has 2 rings (SSSR count). The summed E-state index contributed by atoms with van der Waals surface area (Å²) in [6.45, 7) is 4.20. The monoisotopic (exact) mass is 293 g/mol. The number of nitriles is 1. The summed E-state index contributed by atoms with van der Waals surface area (Å²) in [4.78, 5) is 12.0. The number of rotatable bonds is 4. The van der Waals surface area contributed by atoms with E-state index in [-0.39, 0.29) is 6.03 Å². The summed E-state index contributed by atoms with van der Waals surface area (Å²) in [5.74, 6) is 0. The largest absolute Gasteiger partial charge is 0.323 e. The average molecular weight is 293 g/mol. The number of anilines is 2. The van der Waals surface area contributed by atoms with Gasteiger partial charge >= 0.3 is 6.03 Å². The van der Waals surface area contributed by atoms with Crippen LogP contribution in [0.5, 0.6) is 0 Å². The van der Waals surface area contributed by atoms with Gasteiger partial charge in [0.2, 0.25) is 0 Å². The second-order valence-electron chi connectivity index (χ2n) is 5.16. The fourth-order valence-corrected chi connectivity index (χ4v) is 2.25. The van der Waals surface area contributed by atoms with Gasteiger partial charge in [0.25, 0.3) is 0 Å². The number of hydrogen-bond donors (Lipinski definition) is 2. The first-order valence-electron chi connectivity index (χ1n) is 7.30. The van der Waals surface area contributed by atoms with Crippen LogP contribution in [0.25, 0.3) is 0 Å². The molecule has 0 aliphatic carbocycles. The maximum absolute atomic E-state index is 12.0. The maximum Gasteiger partial charge on any atom is 0.323 e. The Bertz CT molecular complexity index is 699. The lowest BCUT2D eigenvalue weighted by atomic mass is 10.0. The summed E-state index contributed by atoms with van der Waals surface area (Å²) < 4.78 is 0. The minimum atomic E-state index is -0.299. The molecule has 0 spiro atoms. The van der Waals surface area contributed by atoms with Crippen LogP contribution in [0.15, 0.2) is 42.5 Å². The molecule has 0 fully saturated rings. The van der Waals surface area contributed by atoms with Gasteiger partial charge in [0.1, 0.15) is 0 Å². The Hall–Kier alpha value is -2.80. The van der Waals surface area contributed by atoms with E-state index < -0.39 is 0 Å². The second-order valence-corrected chi connectivity index (χ2v) is 5.16. The number of amides is 2. The van der Waals surface area contributed by atoms with Gasteiger partial charge in [-0.15, -0.1) is 0 Å². The number of aryl methyl sites for hydroxylation is 2. The van der Waals surface area contributed by atoms with E-state index in [0.717, 1.165) is 18.5 Å². The van der Waals surface area contributed by atoms with Crippen molar-refractivity contribution in [3.63, 3.8) is 0 Å². The van der Waals surface area contributed by atoms with Crippen LogP contribution in [0.1, 0.15) is 30.0 Å². The van der Waals surface area contributed by atoms with Crippen LogP contribution in [0.2, 0.25) is 0 Å². The van der Waals surface area contributed by atoms with E-state index >= 15 is 0 Å². The topological polar surface area (TPSA) is 64.9 Å². The highest BCUT2D eigenvalue weighted by Gasteiger charge is 2.05. The first-order valence-corrected chi connectivity index (χ1v) is 7.30. The van der Waals surface area contributed by atoms with Gasteiger partial charge in [-0.2, -0.15) is 5.26 Å². The van der Waals surface area contributed by atoms with Crippen LogP contribution in [-0.4, -0.2) is 6.03 Å². The molecular formula is C18H19N3O. The molecule has 2 N–H and O–H groups in total. The summed E-state index contributed by atoms with van der Waals surface area (Å²) in [6, 6.07) is 14.4. The van der Waals surface area contributed by atoms with Crippen molar-refractivity contribution in [2.75, 3.05) is 10.6 Å². The molecule has 2 aromatic rings. The van der Waals surface area contributed by atoms with Crippen molar-refractivity contribution in [2.45, 2.75) is 26.7 Å². The minimum Gasteiger partial charge on any atom is -0.308 e. The number of hydrogen-bond acceptors (Lipinski definition) is 2. The molecule has 0 heterocycles. The Morgan fingerprint density at radius 2 is 1.73 bits per heavy atom. The summed E-state index contributed by atoms with van der Waals surface area (Å²) >= 11 is 0. The van der Waals surface area contributed by atoms with Crippen molar-refractivity contribution in [1.29, 1.82) is 5.26 Å². The molecule has 4 heteroatoms. The van der Waals surface area contributed by atoms with Gasteiger partial charge in [-0.1, -0.05) is 19.4 Å². The number of urea groups is 1. The molecular weight excluding hydrogens is 274 g/mol. The summed E-state index contributed by atoms with van der Waals surface area (Å²) in [5.41, 5.74) is 4.46. The Balaban J connectivity index is 1.99. The van der Waals surface area contributed by atoms with E-state index in [4.69, 9.17) is 5.26 Å². The smallest absolute Gasteiger partial charge is 0.308 e. The molecule has 0 bridgehead atoms. The zero-order valence-electron chi connectivity index (χ0n) is 12.8. The first kappa shape index (κ1) is 15.6. The van der Waals surface area contributed by atoms with E-state index in [1.807, 2.05) is 18.2 Å². The Morgan fingerprint density at radius 1 is 1.09 bits per heavy atom. The van der Waals surface area contributed by atoms with Crippen molar-refractivity contribution in [2.24, 2.45) is 0 Å². The zero-order chi connectivity index (χ0) is 15.9. The average Bonchev–Trinajstić information content (AvgIpc) is 2.51. The lowest BCUT2D eigenvalue weighted by Crippen LogP contribution is -2.19. The lowest BCUT2D eigenvalue weighted by molar-refractivity contribution is 0.262. The van der Waals surface area contributed by atoms with Crippen LogP contribution in [0.3, 0.4) is 0 Å². The maximum atomic E-state index is 12.0. The second kappa shape index (κ2) is 7.28. The molecule has 0 saturated heterocycles. The molecule has 2 aromatic carbocycles. The fraction of sp³-hybridized carbons (Fsp3) is 0.222. The van der Waals surface area contributed by atoms with E-state index in [1.165, 1.54) is 11.1 Å². The predicted molar refractivity (Wildman–Crippen MR) is 89.0 cm³/mol. The van der Waals surface area contributed by atoms with Crippen molar-refractivity contribution >= 4 is 17.4 Å². The minimum absolute atomic E-state index is 0.299. The van der Waals surface area contributed by atoms with Gasteiger partial charge in [-0.25, -0.2) is 4.79 Å². The summed E-state index contributed by atoms with van der Waals surface area (Å²) in [5, 5.41) is 14.3. The highest BCUT2D eigenvalue weighted by atomic mass is 16.2. The van der Waals surface area contributed by atoms with Crippen molar-refractivity contribution in [3.8, 4) is 6.07 Å². The van der Waals surface area contributed by atoms with E-state index in [2.05, 4.69) is 30.5 Å². The number of benzene rings is 2. The number of nitrogens with zero attached hydrogens (tertiary/aromatic N) is 1. The third-order valence-corrected chi connectivity index (χ3v) is 3.39. The van der Waals surface area contributed by atoms with Gasteiger partial charge < -0.3 is 10.6 Å². The zero-order valence-corrected chi connectivity index (χ0v) is 12.8. The van der Waals surface area contributed by atoms with Gasteiger partial charge in [-0.3, -0.25) is 0 Å². The highest BCUT2D eigenvalue weighted by Crippen LogP contribution is 2.17. The molecule has 112 valence electrons. The van der Waals surface area contributed by atoms with Crippen LogP contribution in [-0.2, 0) is 6.42 Å². The standard InChI is InChI=1S/C18H19N3O/c1-3-4-15-7-10-17(11-13(15)2)21-18(22)20-16-8-5-14(12-19)6-9-16/h5-11H,3-4H2,1-2H3,(H2,20,21,22). The number of carbonyl (C=O) groups excluding carboxylic acids is 1. The Morgan fingerprint density at radius 3 is 2.32 bits per heavy atom. The highest BCUT2D eigenvalue weighted by molar-refractivity contribution is 5.99. The molecule has 0 saturated carbocycles. The molecule has 2 amide bonds. The third kappa shape index (κ3) is 4.10. The summed E-state index contributed by atoms with van der Waals surface area (Å²) in [7, 11) is 0. The Kier molecular flexibility index (Phi) is 5.16. The molecule has 0 aliphatic rings. The fourth-order valence-electron chi connectivity index (χ4n) is 2.25. The predicted octanol–water partition coefficient (Wildman–Crippen LogP) is 4.46. The SMILES string of the molecule is CCCc1ccc(NC(=O)Nc2ccc(C#N)cc2)cc1C. The molecule has 0 aromatic heterocycles. The first-order chi connectivity index (χ1) is 10.6. The van der Waals surface area contributed by atoms with E-state index in [1.54, 1.807) is 24.3 Å². The number of nitrogens with one attached hydrogen (secondary N) is 2. The lowest BCUT2D eigenvalue weighted by Gasteiger charge is -2.10. The molecule has 0 aliphatic heterocycles. The van der Waals surface area contributed by atoms with Gasteiger partial charge in [0.05, 0.1) is 11.6 Å². The van der Waals surface area contributed by atoms with Gasteiger partial charge in [-0.05, 0) is 60.9 Å². The molecule has 0 unspecified atom stereocenters. The molecule has 0 radical (unpaired) electrons. The van der Waals surface area contributed by atoms with Crippen LogP contribution in [0, 0.1) is 18.3 Å². The van der Waals surface area contributed by atoms with Crippen LogP contribution >= 0.6 is 0 Å². The van der Waals surface area contributed by atoms with E-state index in [0.29, 0.717) is 11.3 Å². The van der Waals surface area contributed by atoms with Crippen molar-refractivity contribution in [1.82, 2.24) is 0 Å².